The van der Waals surface area contributed by atoms with E-state index < -0.39 is 41.2 Å². The molecule has 1 unspecified atom stereocenters. The molecule has 40 heavy (non-hydrogen) atoms. The van der Waals surface area contributed by atoms with Crippen LogP contribution in [0.3, 0.4) is 0 Å². The molecule has 1 amide bonds. The fourth-order valence-electron chi connectivity index (χ4n) is 4.84. The van der Waals surface area contributed by atoms with Gasteiger partial charge in [-0.2, -0.15) is 13.2 Å². The lowest BCUT2D eigenvalue weighted by atomic mass is 9.89. The monoisotopic (exact) mass is 560 g/mol. The minimum absolute atomic E-state index is 0.0230. The highest BCUT2D eigenvalue weighted by atomic mass is 19.4. The average Bonchev–Trinajstić information content (AvgIpc) is 2.93. The van der Waals surface area contributed by atoms with E-state index in [0.717, 1.165) is 7.11 Å². The van der Waals surface area contributed by atoms with E-state index >= 15 is 4.39 Å². The summed E-state index contributed by atoms with van der Waals surface area (Å²) in [6, 6.07) is 13.2. The van der Waals surface area contributed by atoms with Crippen molar-refractivity contribution in [3.8, 4) is 0 Å². The number of carbonyl (C=O) groups is 2. The molecule has 2 N–H and O–H groups in total. The fraction of sp³-hybridized carbons (Fsp3) is 0.357. The van der Waals surface area contributed by atoms with E-state index in [4.69, 9.17) is 9.84 Å². The number of aromatic nitrogens is 2. The molecule has 0 aliphatic carbocycles. The number of carbonyl (C=O) groups excluding carboxylic acids is 1. The number of anilines is 2. The van der Waals surface area contributed by atoms with E-state index in [1.54, 1.807) is 36.4 Å². The van der Waals surface area contributed by atoms with Crippen LogP contribution in [0.25, 0.3) is 0 Å². The number of esters is 1. The van der Waals surface area contributed by atoms with Crippen LogP contribution in [0.2, 0.25) is 0 Å². The van der Waals surface area contributed by atoms with Gasteiger partial charge in [0.05, 0.1) is 30.5 Å². The zero-order valence-electron chi connectivity index (χ0n) is 21.6. The lowest BCUT2D eigenvalue weighted by Crippen LogP contribution is -2.36. The van der Waals surface area contributed by atoms with Crippen molar-refractivity contribution < 1.29 is 37.0 Å². The summed E-state index contributed by atoms with van der Waals surface area (Å²) < 4.78 is 61.7. The summed E-state index contributed by atoms with van der Waals surface area (Å²) in [5.74, 6) is -2.62. The number of halogens is 4. The number of amides is 1. The molecular formula is C28H28F4N4O4. The number of nitrogens with one attached hydrogen (secondary N) is 1. The second kappa shape index (κ2) is 12.3. The number of likely N-dealkylation sites (tertiary alicyclic amines) is 1. The highest BCUT2D eigenvalue weighted by Crippen LogP contribution is 2.37. The summed E-state index contributed by atoms with van der Waals surface area (Å²) in [7, 11) is 1.15. The Morgan fingerprint density at radius 3 is 2.45 bits per heavy atom. The van der Waals surface area contributed by atoms with Gasteiger partial charge in [-0.25, -0.2) is 19.2 Å². The summed E-state index contributed by atoms with van der Waals surface area (Å²) in [4.78, 5) is 32.5. The molecule has 0 radical (unpaired) electrons. The first kappa shape index (κ1) is 28.8. The average molecular weight is 561 g/mol. The van der Waals surface area contributed by atoms with Gasteiger partial charge in [-0.3, -0.25) is 4.79 Å². The van der Waals surface area contributed by atoms with Gasteiger partial charge in [-0.1, -0.05) is 36.4 Å². The Morgan fingerprint density at radius 1 is 1.15 bits per heavy atom. The number of alkyl halides is 3. The van der Waals surface area contributed by atoms with Gasteiger partial charge in [0.15, 0.2) is 0 Å². The fourth-order valence-corrected chi connectivity index (χ4v) is 4.84. The maximum atomic E-state index is 15.1. The predicted octanol–water partition coefficient (Wildman–Crippen LogP) is 6.12. The van der Waals surface area contributed by atoms with Gasteiger partial charge < -0.3 is 20.1 Å². The third-order valence-electron chi connectivity index (χ3n) is 6.95. The quantitative estimate of drug-likeness (QED) is 0.253. The highest BCUT2D eigenvalue weighted by Gasteiger charge is 2.38. The second-order valence-corrected chi connectivity index (χ2v) is 9.57. The van der Waals surface area contributed by atoms with E-state index in [2.05, 4.69) is 15.3 Å². The zero-order valence-corrected chi connectivity index (χ0v) is 21.6. The maximum absolute atomic E-state index is 15.1. The first-order chi connectivity index (χ1) is 19.0. The Morgan fingerprint density at radius 2 is 1.85 bits per heavy atom. The summed E-state index contributed by atoms with van der Waals surface area (Å²) in [5.41, 5.74) is -0.130. The standard InChI is InChI=1S/C28H28F4N4O4/c1-40-24(37)15-20(13-17-5-3-2-4-6-17)25-21(28(30,31)32)16-33-26(35-25)34-23-8-7-19(14-22(23)29)18-9-11-36(12-10-18)27(38)39/h2-8,14,16,18,20H,9-13,15H2,1H3,(H,38,39)(H,33,34,35). The normalized spacial score (nSPS) is 15.0. The lowest BCUT2D eigenvalue weighted by molar-refractivity contribution is -0.143. The molecule has 12 heteroatoms. The summed E-state index contributed by atoms with van der Waals surface area (Å²) in [6.45, 7) is 0.693. The number of piperidine rings is 1. The largest absolute Gasteiger partial charge is 0.469 e. The predicted molar refractivity (Wildman–Crippen MR) is 138 cm³/mol. The zero-order chi connectivity index (χ0) is 28.9. The van der Waals surface area contributed by atoms with Crippen LogP contribution in [0.15, 0.2) is 54.7 Å². The van der Waals surface area contributed by atoms with E-state index in [1.165, 1.54) is 17.0 Å². The Labute approximate surface area is 228 Å². The van der Waals surface area contributed by atoms with Crippen molar-refractivity contribution in [2.75, 3.05) is 25.5 Å². The van der Waals surface area contributed by atoms with Gasteiger partial charge in [-0.15, -0.1) is 0 Å². The van der Waals surface area contributed by atoms with Crippen molar-refractivity contribution in [2.45, 2.75) is 43.7 Å². The lowest BCUT2D eigenvalue weighted by Gasteiger charge is -2.30. The molecule has 0 saturated carbocycles. The Balaban J connectivity index is 1.61. The van der Waals surface area contributed by atoms with Crippen LogP contribution in [-0.2, 0) is 22.1 Å². The van der Waals surface area contributed by atoms with Crippen LogP contribution in [0.5, 0.6) is 0 Å². The third kappa shape index (κ3) is 7.04. The van der Waals surface area contributed by atoms with Crippen LogP contribution in [0.4, 0.5) is 34.0 Å². The number of methoxy groups -OCH3 is 1. The number of hydrogen-bond acceptors (Lipinski definition) is 6. The molecule has 0 spiro atoms. The Kier molecular flexibility index (Phi) is 8.86. The van der Waals surface area contributed by atoms with E-state index in [1.807, 2.05) is 0 Å². The molecule has 8 nitrogen and oxygen atoms in total. The van der Waals surface area contributed by atoms with Gasteiger partial charge >= 0.3 is 18.2 Å². The highest BCUT2D eigenvalue weighted by molar-refractivity contribution is 5.70. The molecule has 1 aliphatic heterocycles. The second-order valence-electron chi connectivity index (χ2n) is 9.57. The molecule has 1 saturated heterocycles. The molecule has 2 heterocycles. The number of carboxylic acid groups (broad SMARTS) is 1. The van der Waals surface area contributed by atoms with E-state index in [0.29, 0.717) is 43.3 Å². The van der Waals surface area contributed by atoms with E-state index in [-0.39, 0.29) is 30.4 Å². The van der Waals surface area contributed by atoms with Crippen LogP contribution >= 0.6 is 0 Å². The molecule has 1 fully saturated rings. The first-order valence-electron chi connectivity index (χ1n) is 12.6. The van der Waals surface area contributed by atoms with Crippen molar-refractivity contribution in [1.82, 2.24) is 14.9 Å². The van der Waals surface area contributed by atoms with Crippen molar-refractivity contribution >= 4 is 23.7 Å². The number of nitrogens with zero attached hydrogens (tertiary/aromatic N) is 3. The molecule has 0 bridgehead atoms. The topological polar surface area (TPSA) is 105 Å². The van der Waals surface area contributed by atoms with Crippen LogP contribution in [0, 0.1) is 5.82 Å². The molecular weight excluding hydrogens is 532 g/mol. The number of ether oxygens (including phenoxy) is 1. The SMILES string of the molecule is COC(=O)CC(Cc1ccccc1)c1nc(Nc2ccc(C3CCN(C(=O)O)CC3)cc2F)ncc1C(F)(F)F. The van der Waals surface area contributed by atoms with Crippen molar-refractivity contribution in [2.24, 2.45) is 0 Å². The van der Waals surface area contributed by atoms with Gasteiger partial charge in [-0.05, 0) is 48.4 Å². The Hall–Kier alpha value is -4.22. The first-order valence-corrected chi connectivity index (χ1v) is 12.6. The minimum Gasteiger partial charge on any atom is -0.469 e. The molecule has 1 aromatic heterocycles. The van der Waals surface area contributed by atoms with Crippen LogP contribution in [0.1, 0.15) is 53.5 Å². The summed E-state index contributed by atoms with van der Waals surface area (Å²) in [6.07, 6.45) is -4.32. The number of rotatable bonds is 8. The van der Waals surface area contributed by atoms with Crippen molar-refractivity contribution in [3.05, 3.63) is 82.9 Å². The van der Waals surface area contributed by atoms with Gasteiger partial charge in [0.1, 0.15) is 5.82 Å². The van der Waals surface area contributed by atoms with E-state index in [9.17, 15) is 22.8 Å². The molecule has 3 aromatic rings. The number of hydrogen-bond donors (Lipinski definition) is 2. The maximum Gasteiger partial charge on any atom is 0.419 e. The molecule has 2 aromatic carbocycles. The Bertz CT molecular complexity index is 1350. The molecule has 212 valence electrons. The minimum atomic E-state index is -4.79. The third-order valence-corrected chi connectivity index (χ3v) is 6.95. The van der Waals surface area contributed by atoms with Gasteiger partial charge in [0.25, 0.3) is 0 Å². The van der Waals surface area contributed by atoms with Crippen molar-refractivity contribution in [1.29, 1.82) is 0 Å². The number of benzene rings is 2. The van der Waals surface area contributed by atoms with Gasteiger partial charge in [0, 0.05) is 25.2 Å². The molecule has 4 rings (SSSR count). The van der Waals surface area contributed by atoms with Crippen molar-refractivity contribution in [3.63, 3.8) is 0 Å². The van der Waals surface area contributed by atoms with Gasteiger partial charge in [0.2, 0.25) is 5.95 Å². The smallest absolute Gasteiger partial charge is 0.419 e. The summed E-state index contributed by atoms with van der Waals surface area (Å²) >= 11 is 0. The molecule has 1 aliphatic rings. The summed E-state index contributed by atoms with van der Waals surface area (Å²) in [5, 5.41) is 11.8. The molecule has 1 atom stereocenters. The van der Waals surface area contributed by atoms with Crippen LogP contribution < -0.4 is 5.32 Å². The van der Waals surface area contributed by atoms with Crippen LogP contribution in [-0.4, -0.2) is 52.2 Å².